The Kier molecular flexibility index (Phi) is 6.99. The summed E-state index contributed by atoms with van der Waals surface area (Å²) in [6.07, 6.45) is 1.81. The number of rotatable bonds is 6. The number of aryl methyl sites for hydroxylation is 1. The molecule has 0 aliphatic heterocycles. The molecular formula is C28H22FNO3S. The fourth-order valence-corrected chi connectivity index (χ4v) is 4.74. The standard InChI is InChI=1S/C28H22FNO3S/c1-18-24(21-13-15-22(29)16-14-21)25(28(32)33-2)27(34-18)30-26(31)23(20-11-7-4-8-12-20)17-19-9-5-3-6-10-19/h3-17H,1-2H3,(H,30,31)/b23-17+. The molecule has 0 saturated heterocycles. The molecule has 3 aromatic carbocycles. The Morgan fingerprint density at radius 1 is 0.912 bits per heavy atom. The Bertz CT molecular complexity index is 1340. The van der Waals surface area contributed by atoms with Crippen LogP contribution in [0.15, 0.2) is 84.9 Å². The molecule has 4 aromatic rings. The maximum absolute atomic E-state index is 13.5. The first-order valence-corrected chi connectivity index (χ1v) is 11.4. The first kappa shape index (κ1) is 23.1. The van der Waals surface area contributed by atoms with Crippen molar-refractivity contribution in [1.82, 2.24) is 0 Å². The lowest BCUT2D eigenvalue weighted by atomic mass is 10.0. The number of carbonyl (C=O) groups is 2. The van der Waals surface area contributed by atoms with Crippen LogP contribution in [0.3, 0.4) is 0 Å². The van der Waals surface area contributed by atoms with Gasteiger partial charge in [-0.1, -0.05) is 72.8 Å². The molecule has 0 radical (unpaired) electrons. The third kappa shape index (κ3) is 4.97. The van der Waals surface area contributed by atoms with Gasteiger partial charge in [-0.2, -0.15) is 0 Å². The zero-order chi connectivity index (χ0) is 24.1. The van der Waals surface area contributed by atoms with Crippen LogP contribution < -0.4 is 5.32 Å². The van der Waals surface area contributed by atoms with Gasteiger partial charge in [0, 0.05) is 16.0 Å². The third-order valence-electron chi connectivity index (χ3n) is 5.27. The van der Waals surface area contributed by atoms with Crippen molar-refractivity contribution in [3.63, 3.8) is 0 Å². The number of anilines is 1. The van der Waals surface area contributed by atoms with Crippen LogP contribution in [0.2, 0.25) is 0 Å². The van der Waals surface area contributed by atoms with E-state index in [4.69, 9.17) is 4.74 Å². The molecule has 0 aliphatic carbocycles. The number of methoxy groups -OCH3 is 1. The number of nitrogens with one attached hydrogen (secondary N) is 1. The molecule has 1 amide bonds. The molecule has 0 unspecified atom stereocenters. The summed E-state index contributed by atoms with van der Waals surface area (Å²) >= 11 is 1.28. The molecule has 170 valence electrons. The SMILES string of the molecule is COC(=O)c1c(NC(=O)/C(=C/c2ccccc2)c2ccccc2)sc(C)c1-c1ccc(F)cc1. The molecule has 34 heavy (non-hydrogen) atoms. The molecule has 0 atom stereocenters. The summed E-state index contributed by atoms with van der Waals surface area (Å²) in [5, 5.41) is 3.30. The highest BCUT2D eigenvalue weighted by molar-refractivity contribution is 7.17. The number of benzene rings is 3. The number of carbonyl (C=O) groups excluding carboxylic acids is 2. The fraction of sp³-hybridized carbons (Fsp3) is 0.0714. The molecular weight excluding hydrogens is 449 g/mol. The van der Waals surface area contributed by atoms with Gasteiger partial charge in [0.05, 0.1) is 7.11 Å². The first-order valence-electron chi connectivity index (χ1n) is 10.6. The van der Waals surface area contributed by atoms with E-state index in [0.717, 1.165) is 16.0 Å². The van der Waals surface area contributed by atoms with Crippen LogP contribution in [0.5, 0.6) is 0 Å². The molecule has 0 bridgehead atoms. The summed E-state index contributed by atoms with van der Waals surface area (Å²) in [6, 6.07) is 24.8. The van der Waals surface area contributed by atoms with Gasteiger partial charge in [-0.15, -0.1) is 11.3 Å². The van der Waals surface area contributed by atoms with Crippen molar-refractivity contribution in [3.05, 3.63) is 112 Å². The lowest BCUT2D eigenvalue weighted by molar-refractivity contribution is -0.111. The van der Waals surface area contributed by atoms with Gasteiger partial charge >= 0.3 is 5.97 Å². The topological polar surface area (TPSA) is 55.4 Å². The molecule has 1 heterocycles. The van der Waals surface area contributed by atoms with Crippen molar-refractivity contribution in [2.24, 2.45) is 0 Å². The van der Waals surface area contributed by atoms with E-state index < -0.39 is 5.97 Å². The van der Waals surface area contributed by atoms with E-state index in [1.807, 2.05) is 73.7 Å². The number of hydrogen-bond acceptors (Lipinski definition) is 4. The number of esters is 1. The average molecular weight is 472 g/mol. The van der Waals surface area contributed by atoms with E-state index in [2.05, 4.69) is 5.32 Å². The van der Waals surface area contributed by atoms with Crippen LogP contribution in [-0.2, 0) is 9.53 Å². The molecule has 4 rings (SSSR count). The van der Waals surface area contributed by atoms with Crippen LogP contribution >= 0.6 is 11.3 Å². The van der Waals surface area contributed by atoms with E-state index in [1.165, 1.54) is 30.6 Å². The van der Waals surface area contributed by atoms with E-state index >= 15 is 0 Å². The summed E-state index contributed by atoms with van der Waals surface area (Å²) in [5.41, 5.74) is 3.60. The minimum Gasteiger partial charge on any atom is -0.465 e. The van der Waals surface area contributed by atoms with Gasteiger partial charge in [-0.25, -0.2) is 9.18 Å². The molecule has 6 heteroatoms. The van der Waals surface area contributed by atoms with Crippen molar-refractivity contribution < 1.29 is 18.7 Å². The number of ether oxygens (including phenoxy) is 1. The lowest BCUT2D eigenvalue weighted by Crippen LogP contribution is -2.15. The quantitative estimate of drug-likeness (QED) is 0.191. The highest BCUT2D eigenvalue weighted by atomic mass is 32.1. The predicted octanol–water partition coefficient (Wildman–Crippen LogP) is 6.83. The van der Waals surface area contributed by atoms with Crippen LogP contribution in [0.1, 0.15) is 26.4 Å². The minimum absolute atomic E-state index is 0.247. The fourth-order valence-electron chi connectivity index (χ4n) is 3.68. The Morgan fingerprint density at radius 2 is 1.53 bits per heavy atom. The molecule has 1 aromatic heterocycles. The summed E-state index contributed by atoms with van der Waals surface area (Å²) in [5.74, 6) is -1.30. The number of thiophene rings is 1. The minimum atomic E-state index is -0.577. The second-order valence-electron chi connectivity index (χ2n) is 7.52. The molecule has 0 spiro atoms. The van der Waals surface area contributed by atoms with Gasteiger partial charge < -0.3 is 10.1 Å². The lowest BCUT2D eigenvalue weighted by Gasteiger charge is -2.11. The summed E-state index contributed by atoms with van der Waals surface area (Å²) in [7, 11) is 1.29. The highest BCUT2D eigenvalue weighted by Gasteiger charge is 2.26. The zero-order valence-electron chi connectivity index (χ0n) is 18.7. The molecule has 0 fully saturated rings. The maximum atomic E-state index is 13.5. The van der Waals surface area contributed by atoms with Crippen molar-refractivity contribution in [1.29, 1.82) is 0 Å². The molecule has 0 aliphatic rings. The Balaban J connectivity index is 1.78. The maximum Gasteiger partial charge on any atom is 0.341 e. The van der Waals surface area contributed by atoms with Gasteiger partial charge in [0.25, 0.3) is 5.91 Å². The Hall–Kier alpha value is -4.03. The largest absolute Gasteiger partial charge is 0.465 e. The monoisotopic (exact) mass is 471 g/mol. The van der Waals surface area contributed by atoms with Crippen LogP contribution in [0.25, 0.3) is 22.8 Å². The van der Waals surface area contributed by atoms with E-state index in [0.29, 0.717) is 21.7 Å². The normalized spacial score (nSPS) is 11.2. The van der Waals surface area contributed by atoms with Gasteiger partial charge in [-0.05, 0) is 41.8 Å². The summed E-state index contributed by atoms with van der Waals surface area (Å²) in [6.45, 7) is 1.85. The second kappa shape index (κ2) is 10.3. The first-order chi connectivity index (χ1) is 16.5. The van der Waals surface area contributed by atoms with E-state index in [-0.39, 0.29) is 17.3 Å². The summed E-state index contributed by atoms with van der Waals surface area (Å²) < 4.78 is 18.5. The second-order valence-corrected chi connectivity index (χ2v) is 8.75. The van der Waals surface area contributed by atoms with Crippen LogP contribution in [0.4, 0.5) is 9.39 Å². The van der Waals surface area contributed by atoms with Crippen molar-refractivity contribution in [2.75, 3.05) is 12.4 Å². The van der Waals surface area contributed by atoms with E-state index in [9.17, 15) is 14.0 Å². The number of halogens is 1. The van der Waals surface area contributed by atoms with Gasteiger partial charge in [0.15, 0.2) is 0 Å². The third-order valence-corrected chi connectivity index (χ3v) is 6.29. The van der Waals surface area contributed by atoms with Crippen molar-refractivity contribution >= 4 is 39.9 Å². The van der Waals surface area contributed by atoms with Gasteiger partial charge in [0.2, 0.25) is 0 Å². The Morgan fingerprint density at radius 3 is 2.15 bits per heavy atom. The Labute approximate surface area is 201 Å². The molecule has 4 nitrogen and oxygen atoms in total. The van der Waals surface area contributed by atoms with E-state index in [1.54, 1.807) is 12.1 Å². The van der Waals surface area contributed by atoms with Gasteiger partial charge in [0.1, 0.15) is 16.4 Å². The van der Waals surface area contributed by atoms with Crippen molar-refractivity contribution in [3.8, 4) is 11.1 Å². The number of hydrogen-bond donors (Lipinski definition) is 1. The molecule has 1 N–H and O–H groups in total. The van der Waals surface area contributed by atoms with Crippen LogP contribution in [-0.4, -0.2) is 19.0 Å². The number of amides is 1. The molecule has 0 saturated carbocycles. The van der Waals surface area contributed by atoms with Crippen LogP contribution in [0, 0.1) is 12.7 Å². The predicted molar refractivity (Wildman–Crippen MR) is 135 cm³/mol. The van der Waals surface area contributed by atoms with Crippen molar-refractivity contribution in [2.45, 2.75) is 6.92 Å². The highest BCUT2D eigenvalue weighted by Crippen LogP contribution is 2.41. The zero-order valence-corrected chi connectivity index (χ0v) is 19.5. The van der Waals surface area contributed by atoms with Gasteiger partial charge in [-0.3, -0.25) is 4.79 Å². The summed E-state index contributed by atoms with van der Waals surface area (Å²) in [4.78, 5) is 27.1. The smallest absolute Gasteiger partial charge is 0.341 e. The average Bonchev–Trinajstić information content (AvgIpc) is 3.19.